The molecule has 0 unspecified atom stereocenters. The molecular weight excluding hydrogens is 242 g/mol. The van der Waals surface area contributed by atoms with Gasteiger partial charge in [-0.05, 0) is 42.3 Å². The maximum atomic E-state index is 5.87. The molecule has 0 bridgehead atoms. The van der Waals surface area contributed by atoms with Crippen LogP contribution in [0.2, 0.25) is 0 Å². The van der Waals surface area contributed by atoms with Crippen molar-refractivity contribution in [2.45, 2.75) is 25.8 Å². The highest BCUT2D eigenvalue weighted by molar-refractivity contribution is 9.10. The van der Waals surface area contributed by atoms with Crippen molar-refractivity contribution in [3.8, 4) is 0 Å². The number of nitrogens with one attached hydrogen (secondary N) is 1. The van der Waals surface area contributed by atoms with Gasteiger partial charge >= 0.3 is 0 Å². The maximum absolute atomic E-state index is 5.87. The van der Waals surface area contributed by atoms with Crippen LogP contribution in [0, 0.1) is 0 Å². The zero-order valence-corrected chi connectivity index (χ0v) is 10.1. The molecule has 0 saturated carbocycles. The minimum absolute atomic E-state index is 0.119. The fourth-order valence-corrected chi connectivity index (χ4v) is 1.43. The van der Waals surface area contributed by atoms with E-state index < -0.39 is 0 Å². The average Bonchev–Trinajstić information content (AvgIpc) is 2.06. The van der Waals surface area contributed by atoms with Crippen LogP contribution < -0.4 is 11.1 Å². The lowest BCUT2D eigenvalue weighted by Gasteiger charge is -2.19. The number of halogens is 1. The number of aromatic nitrogens is 1. The zero-order valence-electron chi connectivity index (χ0n) is 8.55. The molecule has 1 rings (SSSR count). The Kier molecular flexibility index (Phi) is 3.89. The zero-order chi connectivity index (χ0) is 10.6. The lowest BCUT2D eigenvalue weighted by molar-refractivity contribution is 0.491. The van der Waals surface area contributed by atoms with E-state index in [0.717, 1.165) is 23.1 Å². The second-order valence-corrected chi connectivity index (χ2v) is 4.88. The highest BCUT2D eigenvalue weighted by Gasteiger charge is 2.09. The second-order valence-electron chi connectivity index (χ2n) is 4.02. The molecule has 0 aliphatic heterocycles. The molecular formula is C10H16BrN3. The third-order valence-corrected chi connectivity index (χ3v) is 2.49. The molecule has 0 aliphatic rings. The third-order valence-electron chi connectivity index (χ3n) is 1.86. The van der Waals surface area contributed by atoms with Crippen LogP contribution in [0.4, 0.5) is 5.69 Å². The number of hydrogen-bond donors (Lipinski definition) is 2. The number of rotatable bonds is 4. The summed E-state index contributed by atoms with van der Waals surface area (Å²) in [5.74, 6) is 0. The first-order valence-corrected chi connectivity index (χ1v) is 5.40. The van der Waals surface area contributed by atoms with Crippen molar-refractivity contribution in [3.05, 3.63) is 22.9 Å². The van der Waals surface area contributed by atoms with E-state index in [1.54, 1.807) is 12.4 Å². The van der Waals surface area contributed by atoms with Gasteiger partial charge in [-0.15, -0.1) is 0 Å². The van der Waals surface area contributed by atoms with Gasteiger partial charge in [0.25, 0.3) is 0 Å². The number of nitrogens with zero attached hydrogens (tertiary/aromatic N) is 1. The van der Waals surface area contributed by atoms with Crippen molar-refractivity contribution in [1.82, 2.24) is 4.98 Å². The molecule has 3 nitrogen and oxygen atoms in total. The summed E-state index contributed by atoms with van der Waals surface area (Å²) in [6, 6.07) is 1.94. The maximum Gasteiger partial charge on any atom is 0.0590 e. The van der Waals surface area contributed by atoms with Crippen molar-refractivity contribution in [2.24, 2.45) is 5.73 Å². The SMILES string of the molecule is CC(C)(N)CCNc1ccncc1Br. The van der Waals surface area contributed by atoms with Crippen LogP contribution in [0.5, 0.6) is 0 Å². The summed E-state index contributed by atoms with van der Waals surface area (Å²) < 4.78 is 0.981. The molecule has 0 spiro atoms. The van der Waals surface area contributed by atoms with Gasteiger partial charge in [0.2, 0.25) is 0 Å². The van der Waals surface area contributed by atoms with Gasteiger partial charge in [0, 0.05) is 24.5 Å². The Morgan fingerprint density at radius 1 is 1.57 bits per heavy atom. The van der Waals surface area contributed by atoms with E-state index in [9.17, 15) is 0 Å². The highest BCUT2D eigenvalue weighted by Crippen LogP contribution is 2.20. The summed E-state index contributed by atoms with van der Waals surface area (Å²) in [7, 11) is 0. The van der Waals surface area contributed by atoms with E-state index in [-0.39, 0.29) is 5.54 Å². The van der Waals surface area contributed by atoms with Gasteiger partial charge in [0.05, 0.1) is 10.2 Å². The Balaban J connectivity index is 2.43. The number of anilines is 1. The highest BCUT2D eigenvalue weighted by atomic mass is 79.9. The molecule has 0 amide bonds. The summed E-state index contributed by atoms with van der Waals surface area (Å²) in [6.45, 7) is 4.92. The molecule has 0 saturated heterocycles. The Labute approximate surface area is 93.2 Å². The van der Waals surface area contributed by atoms with Gasteiger partial charge < -0.3 is 11.1 Å². The Morgan fingerprint density at radius 3 is 2.86 bits per heavy atom. The predicted octanol–water partition coefficient (Wildman–Crippen LogP) is 2.38. The standard InChI is InChI=1S/C10H16BrN3/c1-10(2,12)4-6-14-9-3-5-13-7-8(9)11/h3,5,7H,4,6,12H2,1-2H3,(H,13,14). The first-order valence-electron chi connectivity index (χ1n) is 4.61. The molecule has 0 atom stereocenters. The monoisotopic (exact) mass is 257 g/mol. The van der Waals surface area contributed by atoms with Gasteiger partial charge in [-0.2, -0.15) is 0 Å². The summed E-state index contributed by atoms with van der Waals surface area (Å²) in [6.07, 6.45) is 4.47. The number of nitrogens with two attached hydrogens (primary N) is 1. The predicted molar refractivity (Wildman–Crippen MR) is 63.3 cm³/mol. The van der Waals surface area contributed by atoms with Crippen molar-refractivity contribution < 1.29 is 0 Å². The van der Waals surface area contributed by atoms with E-state index in [0.29, 0.717) is 0 Å². The van der Waals surface area contributed by atoms with E-state index in [4.69, 9.17) is 5.73 Å². The van der Waals surface area contributed by atoms with Crippen molar-refractivity contribution in [2.75, 3.05) is 11.9 Å². The van der Waals surface area contributed by atoms with Crippen LogP contribution in [0.15, 0.2) is 22.9 Å². The van der Waals surface area contributed by atoms with Crippen LogP contribution in [-0.2, 0) is 0 Å². The average molecular weight is 258 g/mol. The van der Waals surface area contributed by atoms with Crippen LogP contribution in [-0.4, -0.2) is 17.1 Å². The van der Waals surface area contributed by atoms with Gasteiger partial charge in [-0.25, -0.2) is 0 Å². The first kappa shape index (κ1) is 11.5. The topological polar surface area (TPSA) is 50.9 Å². The van der Waals surface area contributed by atoms with Crippen LogP contribution in [0.25, 0.3) is 0 Å². The van der Waals surface area contributed by atoms with Gasteiger partial charge in [-0.1, -0.05) is 0 Å². The Morgan fingerprint density at radius 2 is 2.29 bits per heavy atom. The normalized spacial score (nSPS) is 11.4. The molecule has 0 fully saturated rings. The van der Waals surface area contributed by atoms with Gasteiger partial charge in [0.15, 0.2) is 0 Å². The third kappa shape index (κ3) is 4.07. The van der Waals surface area contributed by atoms with Crippen LogP contribution >= 0.6 is 15.9 Å². The molecule has 78 valence electrons. The molecule has 4 heteroatoms. The second kappa shape index (κ2) is 4.75. The molecule has 0 aliphatic carbocycles. The molecule has 1 aromatic heterocycles. The Bertz CT molecular complexity index is 294. The summed E-state index contributed by atoms with van der Waals surface area (Å²) in [5, 5.41) is 3.30. The number of pyridine rings is 1. The fraction of sp³-hybridized carbons (Fsp3) is 0.500. The molecule has 0 radical (unpaired) electrons. The van der Waals surface area contributed by atoms with Crippen molar-refractivity contribution in [3.63, 3.8) is 0 Å². The fourth-order valence-electron chi connectivity index (χ4n) is 1.04. The number of hydrogen-bond acceptors (Lipinski definition) is 3. The lowest BCUT2D eigenvalue weighted by atomic mass is 10.0. The molecule has 1 aromatic rings. The van der Waals surface area contributed by atoms with Gasteiger partial charge in [0.1, 0.15) is 0 Å². The van der Waals surface area contributed by atoms with Crippen molar-refractivity contribution >= 4 is 21.6 Å². The Hall–Kier alpha value is -0.610. The van der Waals surface area contributed by atoms with Gasteiger partial charge in [-0.3, -0.25) is 4.98 Å². The smallest absolute Gasteiger partial charge is 0.0590 e. The minimum atomic E-state index is -0.119. The van der Waals surface area contributed by atoms with Crippen LogP contribution in [0.3, 0.4) is 0 Å². The summed E-state index contributed by atoms with van der Waals surface area (Å²) in [5.41, 5.74) is 6.81. The molecule has 14 heavy (non-hydrogen) atoms. The van der Waals surface area contributed by atoms with E-state index in [1.165, 1.54) is 0 Å². The van der Waals surface area contributed by atoms with E-state index in [2.05, 4.69) is 26.2 Å². The molecule has 0 aromatic carbocycles. The summed E-state index contributed by atoms with van der Waals surface area (Å²) in [4.78, 5) is 3.99. The van der Waals surface area contributed by atoms with E-state index in [1.807, 2.05) is 19.9 Å². The van der Waals surface area contributed by atoms with E-state index >= 15 is 0 Å². The van der Waals surface area contributed by atoms with Crippen molar-refractivity contribution in [1.29, 1.82) is 0 Å². The molecule has 1 heterocycles. The van der Waals surface area contributed by atoms with Crippen LogP contribution in [0.1, 0.15) is 20.3 Å². The molecule has 3 N–H and O–H groups in total. The lowest BCUT2D eigenvalue weighted by Crippen LogP contribution is -2.34. The minimum Gasteiger partial charge on any atom is -0.384 e. The largest absolute Gasteiger partial charge is 0.384 e. The summed E-state index contributed by atoms with van der Waals surface area (Å²) >= 11 is 3.42. The quantitative estimate of drug-likeness (QED) is 0.871. The first-order chi connectivity index (χ1) is 6.49.